The Hall–Kier alpha value is -2.61. The molecule has 0 heterocycles. The Balaban J connectivity index is 2.33. The third kappa shape index (κ3) is 3.34. The highest BCUT2D eigenvalue weighted by atomic mass is 32.2. The number of ether oxygens (including phenoxy) is 1. The summed E-state index contributed by atoms with van der Waals surface area (Å²) in [6, 6.07) is 8.43. The molecule has 0 spiro atoms. The molecule has 0 aliphatic rings. The Morgan fingerprint density at radius 2 is 1.95 bits per heavy atom. The molecule has 2 rings (SSSR count). The summed E-state index contributed by atoms with van der Waals surface area (Å²) in [7, 11) is -2.74. The number of hydrogen-bond donors (Lipinski definition) is 2. The van der Waals surface area contributed by atoms with Crippen LogP contribution in [0.25, 0.3) is 0 Å². The molecule has 22 heavy (non-hydrogen) atoms. The summed E-state index contributed by atoms with van der Waals surface area (Å²) in [5.74, 6) is -1.98. The fourth-order valence-corrected chi connectivity index (χ4v) is 2.84. The van der Waals surface area contributed by atoms with Gasteiger partial charge in [-0.05, 0) is 30.3 Å². The van der Waals surface area contributed by atoms with E-state index in [0.717, 1.165) is 12.1 Å². The first-order valence-electron chi connectivity index (χ1n) is 6.03. The number of rotatable bonds is 5. The zero-order valence-electron chi connectivity index (χ0n) is 11.4. The molecular formula is C14H12FNO5S. The molecule has 2 aromatic rings. The minimum absolute atomic E-state index is 0.000900. The second-order valence-corrected chi connectivity index (χ2v) is 5.97. The fraction of sp³-hybridized carbons (Fsp3) is 0.0714. The van der Waals surface area contributed by atoms with Gasteiger partial charge in [0.05, 0.1) is 23.3 Å². The van der Waals surface area contributed by atoms with E-state index in [-0.39, 0.29) is 21.9 Å². The van der Waals surface area contributed by atoms with Gasteiger partial charge in [-0.15, -0.1) is 0 Å². The highest BCUT2D eigenvalue weighted by Crippen LogP contribution is 2.23. The minimum Gasteiger partial charge on any atom is -0.494 e. The number of carboxylic acids is 1. The van der Waals surface area contributed by atoms with E-state index >= 15 is 0 Å². The van der Waals surface area contributed by atoms with Crippen molar-refractivity contribution in [3.63, 3.8) is 0 Å². The van der Waals surface area contributed by atoms with Gasteiger partial charge < -0.3 is 9.84 Å². The highest BCUT2D eigenvalue weighted by molar-refractivity contribution is 7.92. The second kappa shape index (κ2) is 6.02. The second-order valence-electron chi connectivity index (χ2n) is 4.29. The summed E-state index contributed by atoms with van der Waals surface area (Å²) >= 11 is 0. The van der Waals surface area contributed by atoms with Crippen molar-refractivity contribution in [2.75, 3.05) is 11.8 Å². The van der Waals surface area contributed by atoms with Crippen LogP contribution in [0.5, 0.6) is 5.75 Å². The van der Waals surface area contributed by atoms with Crippen molar-refractivity contribution >= 4 is 21.7 Å². The number of methoxy groups -OCH3 is 1. The van der Waals surface area contributed by atoms with Crippen molar-refractivity contribution < 1.29 is 27.4 Å². The van der Waals surface area contributed by atoms with Gasteiger partial charge in [0.1, 0.15) is 0 Å². The molecule has 2 N–H and O–H groups in total. The standard InChI is InChI=1S/C14H12FNO5S/c1-21-13-6-5-10(8-12(13)15)16-22(19,20)11-4-2-3-9(7-11)14(17)18/h2-8,16H,1H3,(H,17,18). The average molecular weight is 325 g/mol. The van der Waals surface area contributed by atoms with Crippen LogP contribution in [0.3, 0.4) is 0 Å². The number of nitrogens with one attached hydrogen (secondary N) is 1. The highest BCUT2D eigenvalue weighted by Gasteiger charge is 2.17. The van der Waals surface area contributed by atoms with Crippen LogP contribution in [0, 0.1) is 5.82 Å². The molecule has 0 saturated carbocycles. The number of anilines is 1. The van der Waals surface area contributed by atoms with E-state index in [9.17, 15) is 17.6 Å². The maximum Gasteiger partial charge on any atom is 0.335 e. The number of benzene rings is 2. The van der Waals surface area contributed by atoms with Crippen molar-refractivity contribution in [3.05, 3.63) is 53.8 Å². The number of carboxylic acid groups (broad SMARTS) is 1. The molecule has 2 aromatic carbocycles. The minimum atomic E-state index is -4.03. The van der Waals surface area contributed by atoms with Gasteiger partial charge in [0, 0.05) is 6.07 Å². The third-order valence-corrected chi connectivity index (χ3v) is 4.17. The van der Waals surface area contributed by atoms with Gasteiger partial charge in [0.15, 0.2) is 11.6 Å². The van der Waals surface area contributed by atoms with Crippen molar-refractivity contribution in [2.24, 2.45) is 0 Å². The third-order valence-electron chi connectivity index (χ3n) is 2.80. The Bertz CT molecular complexity index is 820. The van der Waals surface area contributed by atoms with Crippen LogP contribution in [0.4, 0.5) is 10.1 Å². The van der Waals surface area contributed by atoms with E-state index in [1.807, 2.05) is 0 Å². The SMILES string of the molecule is COc1ccc(NS(=O)(=O)c2cccc(C(=O)O)c2)cc1F. The summed E-state index contributed by atoms with van der Waals surface area (Å²) in [6.45, 7) is 0. The molecule has 0 aliphatic heterocycles. The predicted octanol–water partition coefficient (Wildman–Crippen LogP) is 2.33. The molecule has 0 radical (unpaired) electrons. The van der Waals surface area contributed by atoms with Gasteiger partial charge in [-0.3, -0.25) is 4.72 Å². The summed E-state index contributed by atoms with van der Waals surface area (Å²) in [5.41, 5.74) is -0.164. The Labute approximate surface area is 126 Å². The lowest BCUT2D eigenvalue weighted by Gasteiger charge is -2.10. The Kier molecular flexibility index (Phi) is 4.32. The molecular weight excluding hydrogens is 313 g/mol. The zero-order chi connectivity index (χ0) is 16.3. The van der Waals surface area contributed by atoms with Crippen LogP contribution >= 0.6 is 0 Å². The van der Waals surface area contributed by atoms with E-state index < -0.39 is 21.8 Å². The van der Waals surface area contributed by atoms with Crippen molar-refractivity contribution in [1.29, 1.82) is 0 Å². The smallest absolute Gasteiger partial charge is 0.335 e. The Morgan fingerprint density at radius 1 is 1.23 bits per heavy atom. The quantitative estimate of drug-likeness (QED) is 0.880. The van der Waals surface area contributed by atoms with Crippen LogP contribution in [-0.2, 0) is 10.0 Å². The van der Waals surface area contributed by atoms with E-state index in [2.05, 4.69) is 4.72 Å². The van der Waals surface area contributed by atoms with E-state index in [1.54, 1.807) is 0 Å². The average Bonchev–Trinajstić information content (AvgIpc) is 2.47. The summed E-state index contributed by atoms with van der Waals surface area (Å²) in [5, 5.41) is 8.88. The molecule has 0 atom stereocenters. The zero-order valence-corrected chi connectivity index (χ0v) is 12.2. The van der Waals surface area contributed by atoms with Crippen LogP contribution in [0.2, 0.25) is 0 Å². The van der Waals surface area contributed by atoms with Crippen LogP contribution in [0.1, 0.15) is 10.4 Å². The number of aromatic carboxylic acids is 1. The molecule has 0 unspecified atom stereocenters. The van der Waals surface area contributed by atoms with Gasteiger partial charge in [0.25, 0.3) is 10.0 Å². The van der Waals surface area contributed by atoms with Gasteiger partial charge in [0.2, 0.25) is 0 Å². The number of halogens is 1. The molecule has 6 nitrogen and oxygen atoms in total. The van der Waals surface area contributed by atoms with Crippen LogP contribution in [-0.4, -0.2) is 26.6 Å². The summed E-state index contributed by atoms with van der Waals surface area (Å²) in [6.07, 6.45) is 0. The van der Waals surface area contributed by atoms with Crippen molar-refractivity contribution in [1.82, 2.24) is 0 Å². The molecule has 8 heteroatoms. The summed E-state index contributed by atoms with van der Waals surface area (Å²) < 4.78 is 44.8. The lowest BCUT2D eigenvalue weighted by Crippen LogP contribution is -2.14. The summed E-state index contributed by atoms with van der Waals surface area (Å²) in [4.78, 5) is 10.6. The van der Waals surface area contributed by atoms with Crippen molar-refractivity contribution in [2.45, 2.75) is 4.90 Å². The molecule has 0 aliphatic carbocycles. The first-order valence-corrected chi connectivity index (χ1v) is 7.51. The van der Waals surface area contributed by atoms with Gasteiger partial charge in [-0.1, -0.05) is 6.07 Å². The monoisotopic (exact) mass is 325 g/mol. The first kappa shape index (κ1) is 15.8. The first-order chi connectivity index (χ1) is 10.3. The molecule has 0 amide bonds. The lowest BCUT2D eigenvalue weighted by atomic mass is 10.2. The molecule has 0 aromatic heterocycles. The normalized spacial score (nSPS) is 11.0. The van der Waals surface area contributed by atoms with Gasteiger partial charge in [-0.2, -0.15) is 0 Å². The molecule has 0 fully saturated rings. The Morgan fingerprint density at radius 3 is 2.55 bits per heavy atom. The lowest BCUT2D eigenvalue weighted by molar-refractivity contribution is 0.0696. The number of hydrogen-bond acceptors (Lipinski definition) is 4. The molecule has 0 bridgehead atoms. The molecule has 116 valence electrons. The number of sulfonamides is 1. The van der Waals surface area contributed by atoms with Gasteiger partial charge in [-0.25, -0.2) is 17.6 Å². The maximum atomic E-state index is 13.6. The van der Waals surface area contributed by atoms with Crippen LogP contribution in [0.15, 0.2) is 47.4 Å². The van der Waals surface area contributed by atoms with Crippen molar-refractivity contribution in [3.8, 4) is 5.75 Å². The molecule has 0 saturated heterocycles. The fourth-order valence-electron chi connectivity index (χ4n) is 1.74. The van der Waals surface area contributed by atoms with E-state index in [1.165, 1.54) is 37.4 Å². The van der Waals surface area contributed by atoms with Crippen LogP contribution < -0.4 is 9.46 Å². The maximum absolute atomic E-state index is 13.6. The largest absolute Gasteiger partial charge is 0.494 e. The predicted molar refractivity (Wildman–Crippen MR) is 77.2 cm³/mol. The van der Waals surface area contributed by atoms with Gasteiger partial charge >= 0.3 is 5.97 Å². The van der Waals surface area contributed by atoms with E-state index in [0.29, 0.717) is 0 Å². The van der Waals surface area contributed by atoms with E-state index in [4.69, 9.17) is 9.84 Å². The topological polar surface area (TPSA) is 92.7 Å². The number of carbonyl (C=O) groups is 1.